The maximum Gasteiger partial charge on any atom is 0.329 e. The second-order valence-corrected chi connectivity index (χ2v) is 8.60. The predicted molar refractivity (Wildman–Crippen MR) is 107 cm³/mol. The molecule has 0 aliphatic carbocycles. The summed E-state index contributed by atoms with van der Waals surface area (Å²) in [6, 6.07) is 9.51. The van der Waals surface area contributed by atoms with E-state index in [1.54, 1.807) is 25.4 Å². The standard InChI is InChI=1S/C21H25N3O3S/c1-4-17-16-9-11-28-18(16)8-10-23(17)13-24-19(25)21(2,22-20(24)26)14-6-5-7-15(12-14)27-3/h5-7,9,11-12,17H,4,8,10,13H2,1-3H3,(H,22,26)/p+1/t17-,21-/m1/s1. The van der Waals surface area contributed by atoms with E-state index >= 15 is 0 Å². The number of urea groups is 1. The van der Waals surface area contributed by atoms with Crippen LogP contribution in [0.15, 0.2) is 35.7 Å². The number of nitrogens with one attached hydrogen (secondary N) is 2. The highest BCUT2D eigenvalue weighted by molar-refractivity contribution is 7.10. The number of carbonyl (C=O) groups is 2. The van der Waals surface area contributed by atoms with Gasteiger partial charge in [-0.25, -0.2) is 9.69 Å². The molecular weight excluding hydrogens is 374 g/mol. The van der Waals surface area contributed by atoms with E-state index in [-0.39, 0.29) is 11.9 Å². The summed E-state index contributed by atoms with van der Waals surface area (Å²) in [5.41, 5.74) is 1.03. The lowest BCUT2D eigenvalue weighted by atomic mass is 9.92. The van der Waals surface area contributed by atoms with E-state index in [1.807, 2.05) is 24.3 Å². The molecule has 28 heavy (non-hydrogen) atoms. The summed E-state index contributed by atoms with van der Waals surface area (Å²) >= 11 is 1.81. The van der Waals surface area contributed by atoms with Crippen molar-refractivity contribution in [1.29, 1.82) is 0 Å². The molecule has 0 bridgehead atoms. The minimum absolute atomic E-state index is 0.204. The van der Waals surface area contributed by atoms with Crippen molar-refractivity contribution >= 4 is 23.3 Å². The van der Waals surface area contributed by atoms with Gasteiger partial charge in [-0.1, -0.05) is 19.1 Å². The number of carbonyl (C=O) groups excluding carboxylic acids is 2. The molecular formula is C21H26N3O3S+. The fraction of sp³-hybridized carbons (Fsp3) is 0.429. The van der Waals surface area contributed by atoms with Gasteiger partial charge >= 0.3 is 6.03 Å². The number of fused-ring (bicyclic) bond motifs is 1. The first-order valence-electron chi connectivity index (χ1n) is 9.67. The van der Waals surface area contributed by atoms with Crippen LogP contribution in [0, 0.1) is 0 Å². The molecule has 3 atom stereocenters. The van der Waals surface area contributed by atoms with Gasteiger partial charge < -0.3 is 15.0 Å². The highest BCUT2D eigenvalue weighted by Gasteiger charge is 2.51. The van der Waals surface area contributed by atoms with Crippen LogP contribution in [0.3, 0.4) is 0 Å². The molecule has 0 radical (unpaired) electrons. The van der Waals surface area contributed by atoms with Crippen molar-refractivity contribution in [2.45, 2.75) is 38.3 Å². The topological polar surface area (TPSA) is 63.1 Å². The lowest BCUT2D eigenvalue weighted by molar-refractivity contribution is -0.940. The van der Waals surface area contributed by atoms with Crippen molar-refractivity contribution in [2.24, 2.45) is 0 Å². The number of hydrogen-bond acceptors (Lipinski definition) is 4. The highest BCUT2D eigenvalue weighted by Crippen LogP contribution is 2.31. The SMILES string of the molecule is CC[C@@H]1c2ccsc2CC[NH+]1CN1C(=O)N[C@](C)(c2cccc(OC)c2)C1=O. The van der Waals surface area contributed by atoms with E-state index < -0.39 is 5.54 Å². The van der Waals surface area contributed by atoms with E-state index in [0.717, 1.165) is 24.9 Å². The van der Waals surface area contributed by atoms with E-state index in [9.17, 15) is 9.59 Å². The van der Waals surface area contributed by atoms with Crippen molar-refractivity contribution in [3.63, 3.8) is 0 Å². The Morgan fingerprint density at radius 3 is 2.93 bits per heavy atom. The molecule has 3 amide bonds. The Morgan fingerprint density at radius 1 is 1.36 bits per heavy atom. The zero-order chi connectivity index (χ0) is 19.9. The van der Waals surface area contributed by atoms with Gasteiger partial charge in [0.2, 0.25) is 0 Å². The molecule has 2 aromatic rings. The van der Waals surface area contributed by atoms with E-state index in [4.69, 9.17) is 4.74 Å². The maximum absolute atomic E-state index is 13.3. The molecule has 2 N–H and O–H groups in total. The normalized spacial score (nSPS) is 26.9. The van der Waals surface area contributed by atoms with Crippen LogP contribution in [0.2, 0.25) is 0 Å². The fourth-order valence-electron chi connectivity index (χ4n) is 4.40. The Balaban J connectivity index is 1.58. The molecule has 0 saturated carbocycles. The van der Waals surface area contributed by atoms with Gasteiger partial charge in [0.05, 0.1) is 13.7 Å². The smallest absolute Gasteiger partial charge is 0.329 e. The Hall–Kier alpha value is -2.38. The third-order valence-electron chi connectivity index (χ3n) is 6.01. The van der Waals surface area contributed by atoms with Gasteiger partial charge in [0.25, 0.3) is 5.91 Å². The summed E-state index contributed by atoms with van der Waals surface area (Å²) in [7, 11) is 1.59. The van der Waals surface area contributed by atoms with Crippen molar-refractivity contribution in [3.05, 3.63) is 51.7 Å². The average Bonchev–Trinajstić information content (AvgIpc) is 3.27. The van der Waals surface area contributed by atoms with Crippen LogP contribution in [0.25, 0.3) is 0 Å². The van der Waals surface area contributed by atoms with Crippen LogP contribution in [0.4, 0.5) is 4.79 Å². The third-order valence-corrected chi connectivity index (χ3v) is 7.01. The first kappa shape index (κ1) is 19.0. The van der Waals surface area contributed by atoms with Gasteiger partial charge in [-0.2, -0.15) is 0 Å². The number of hydrogen-bond donors (Lipinski definition) is 2. The molecule has 1 saturated heterocycles. The summed E-state index contributed by atoms with van der Waals surface area (Å²) in [5.74, 6) is 0.459. The van der Waals surface area contributed by atoms with Crippen molar-refractivity contribution in [1.82, 2.24) is 10.2 Å². The lowest BCUT2D eigenvalue weighted by Crippen LogP contribution is -3.14. The van der Waals surface area contributed by atoms with Crippen molar-refractivity contribution < 1.29 is 19.2 Å². The van der Waals surface area contributed by atoms with Gasteiger partial charge in [0.1, 0.15) is 17.3 Å². The number of imide groups is 1. The summed E-state index contributed by atoms with van der Waals surface area (Å²) in [5, 5.41) is 5.05. The zero-order valence-corrected chi connectivity index (χ0v) is 17.3. The lowest BCUT2D eigenvalue weighted by Gasteiger charge is -2.34. The summed E-state index contributed by atoms with van der Waals surface area (Å²) < 4.78 is 5.28. The molecule has 4 rings (SSSR count). The van der Waals surface area contributed by atoms with Gasteiger partial charge in [-0.3, -0.25) is 4.79 Å². The van der Waals surface area contributed by atoms with Crippen LogP contribution in [-0.4, -0.2) is 37.2 Å². The Kier molecular flexibility index (Phi) is 4.89. The molecule has 7 heteroatoms. The van der Waals surface area contributed by atoms with Gasteiger partial charge in [0.15, 0.2) is 6.67 Å². The molecule has 2 aliphatic rings. The number of amides is 3. The average molecular weight is 401 g/mol. The number of ether oxygens (including phenoxy) is 1. The minimum atomic E-state index is -1.07. The second kappa shape index (κ2) is 7.22. The molecule has 148 valence electrons. The number of quaternary nitrogens is 1. The molecule has 1 fully saturated rings. The zero-order valence-electron chi connectivity index (χ0n) is 16.5. The number of rotatable bonds is 5. The molecule has 2 aliphatic heterocycles. The molecule has 1 aromatic carbocycles. The van der Waals surface area contributed by atoms with Crippen molar-refractivity contribution in [3.8, 4) is 5.75 Å². The van der Waals surface area contributed by atoms with E-state index in [1.165, 1.54) is 20.2 Å². The Bertz CT molecular complexity index is 912. The molecule has 0 spiro atoms. The minimum Gasteiger partial charge on any atom is -0.497 e. The number of thiophene rings is 1. The van der Waals surface area contributed by atoms with Crippen LogP contribution in [-0.2, 0) is 16.8 Å². The molecule has 1 unspecified atom stereocenters. The molecule has 6 nitrogen and oxygen atoms in total. The number of methoxy groups -OCH3 is 1. The van der Waals surface area contributed by atoms with Crippen molar-refractivity contribution in [2.75, 3.05) is 20.3 Å². The predicted octanol–water partition coefficient (Wildman–Crippen LogP) is 2.07. The first-order chi connectivity index (χ1) is 13.5. The van der Waals surface area contributed by atoms with Crippen LogP contribution in [0.1, 0.15) is 42.3 Å². The van der Waals surface area contributed by atoms with Crippen LogP contribution in [0.5, 0.6) is 5.75 Å². The molecule has 1 aromatic heterocycles. The van der Waals surface area contributed by atoms with Gasteiger partial charge in [0, 0.05) is 23.3 Å². The largest absolute Gasteiger partial charge is 0.497 e. The second-order valence-electron chi connectivity index (χ2n) is 7.60. The highest BCUT2D eigenvalue weighted by atomic mass is 32.1. The maximum atomic E-state index is 13.3. The van der Waals surface area contributed by atoms with E-state index in [0.29, 0.717) is 18.5 Å². The van der Waals surface area contributed by atoms with Gasteiger partial charge in [-0.15, -0.1) is 11.3 Å². The number of benzene rings is 1. The Labute approximate surface area is 169 Å². The summed E-state index contributed by atoms with van der Waals surface area (Å²) in [6.45, 7) is 5.25. The quantitative estimate of drug-likeness (QED) is 0.756. The number of nitrogens with zero attached hydrogens (tertiary/aromatic N) is 1. The summed E-state index contributed by atoms with van der Waals surface area (Å²) in [6.07, 6.45) is 1.98. The molecule has 3 heterocycles. The van der Waals surface area contributed by atoms with Crippen LogP contribution < -0.4 is 15.0 Å². The van der Waals surface area contributed by atoms with E-state index in [2.05, 4.69) is 23.7 Å². The van der Waals surface area contributed by atoms with Crippen LogP contribution >= 0.6 is 11.3 Å². The first-order valence-corrected chi connectivity index (χ1v) is 10.6. The monoisotopic (exact) mass is 400 g/mol. The Morgan fingerprint density at radius 2 is 2.18 bits per heavy atom. The van der Waals surface area contributed by atoms with Gasteiger partial charge in [-0.05, 0) is 36.1 Å². The fourth-order valence-corrected chi connectivity index (χ4v) is 5.35. The third kappa shape index (κ3) is 2.99. The summed E-state index contributed by atoms with van der Waals surface area (Å²) in [4.78, 5) is 30.1.